The van der Waals surface area contributed by atoms with E-state index in [2.05, 4.69) is 24.2 Å². The van der Waals surface area contributed by atoms with E-state index >= 15 is 0 Å². The van der Waals surface area contributed by atoms with E-state index in [0.29, 0.717) is 25.4 Å². The summed E-state index contributed by atoms with van der Waals surface area (Å²) in [6.45, 7) is 5.01. The number of likely N-dealkylation sites (tertiary alicyclic amines) is 2. The standard InChI is InChI=1S/C13H23N3O3/c1-9-7-15(2)5-4-11(9)14-13(19)16-6-3-10(8-16)12(17)18/h9-11H,3-8H2,1-2H3,(H,14,19)(H,17,18). The van der Waals surface area contributed by atoms with Crippen molar-refractivity contribution in [3.63, 3.8) is 0 Å². The smallest absolute Gasteiger partial charge is 0.317 e. The Hall–Kier alpha value is -1.30. The van der Waals surface area contributed by atoms with Crippen LogP contribution in [0.1, 0.15) is 19.8 Å². The Kier molecular flexibility index (Phi) is 4.29. The Bertz CT molecular complexity index is 361. The van der Waals surface area contributed by atoms with Crippen LogP contribution in [-0.4, -0.2) is 66.2 Å². The molecule has 2 aliphatic heterocycles. The summed E-state index contributed by atoms with van der Waals surface area (Å²) in [5.74, 6) is -0.774. The molecule has 2 amide bonds. The number of hydrogen-bond donors (Lipinski definition) is 2. The number of urea groups is 1. The molecule has 0 aromatic carbocycles. The molecule has 19 heavy (non-hydrogen) atoms. The lowest BCUT2D eigenvalue weighted by Gasteiger charge is -2.36. The minimum absolute atomic E-state index is 0.106. The van der Waals surface area contributed by atoms with Crippen molar-refractivity contribution in [2.24, 2.45) is 11.8 Å². The summed E-state index contributed by atoms with van der Waals surface area (Å²) in [5, 5.41) is 12.0. The summed E-state index contributed by atoms with van der Waals surface area (Å²) in [4.78, 5) is 26.9. The van der Waals surface area contributed by atoms with Crippen LogP contribution in [0.4, 0.5) is 4.79 Å². The van der Waals surface area contributed by atoms with Crippen LogP contribution in [0.2, 0.25) is 0 Å². The number of hydrogen-bond acceptors (Lipinski definition) is 3. The first-order chi connectivity index (χ1) is 8.97. The van der Waals surface area contributed by atoms with Crippen LogP contribution in [-0.2, 0) is 4.79 Å². The van der Waals surface area contributed by atoms with Gasteiger partial charge in [0.2, 0.25) is 0 Å². The van der Waals surface area contributed by atoms with Crippen molar-refractivity contribution >= 4 is 12.0 Å². The molecule has 0 radical (unpaired) electrons. The number of carboxylic acid groups (broad SMARTS) is 1. The molecule has 0 aliphatic carbocycles. The maximum Gasteiger partial charge on any atom is 0.317 e. The molecule has 2 aliphatic rings. The highest BCUT2D eigenvalue weighted by Gasteiger charge is 2.33. The summed E-state index contributed by atoms with van der Waals surface area (Å²) >= 11 is 0. The molecule has 3 atom stereocenters. The zero-order chi connectivity index (χ0) is 14.0. The number of amides is 2. The van der Waals surface area contributed by atoms with Gasteiger partial charge in [-0.25, -0.2) is 4.79 Å². The van der Waals surface area contributed by atoms with Gasteiger partial charge in [0.25, 0.3) is 0 Å². The Balaban J connectivity index is 1.83. The fraction of sp³-hybridized carbons (Fsp3) is 0.846. The van der Waals surface area contributed by atoms with Gasteiger partial charge >= 0.3 is 12.0 Å². The molecular formula is C13H23N3O3. The Labute approximate surface area is 113 Å². The van der Waals surface area contributed by atoms with Gasteiger partial charge in [-0.1, -0.05) is 6.92 Å². The highest BCUT2D eigenvalue weighted by Crippen LogP contribution is 2.19. The first-order valence-electron chi connectivity index (χ1n) is 6.94. The molecule has 2 N–H and O–H groups in total. The molecule has 6 nitrogen and oxygen atoms in total. The maximum absolute atomic E-state index is 12.1. The van der Waals surface area contributed by atoms with Crippen LogP contribution in [0.25, 0.3) is 0 Å². The summed E-state index contributed by atoms with van der Waals surface area (Å²) < 4.78 is 0. The van der Waals surface area contributed by atoms with Gasteiger partial charge in [-0.3, -0.25) is 4.79 Å². The van der Waals surface area contributed by atoms with E-state index in [0.717, 1.165) is 19.5 Å². The molecule has 2 heterocycles. The van der Waals surface area contributed by atoms with E-state index in [1.807, 2.05) is 0 Å². The van der Waals surface area contributed by atoms with Crippen molar-refractivity contribution in [1.82, 2.24) is 15.1 Å². The number of carbonyl (C=O) groups is 2. The van der Waals surface area contributed by atoms with Crippen LogP contribution >= 0.6 is 0 Å². The number of nitrogens with zero attached hydrogens (tertiary/aromatic N) is 2. The van der Waals surface area contributed by atoms with E-state index in [-0.39, 0.29) is 12.1 Å². The highest BCUT2D eigenvalue weighted by atomic mass is 16.4. The quantitative estimate of drug-likeness (QED) is 0.763. The molecule has 108 valence electrons. The molecule has 2 saturated heterocycles. The third-order valence-corrected chi connectivity index (χ3v) is 4.24. The minimum atomic E-state index is -0.803. The SMILES string of the molecule is CC1CN(C)CCC1NC(=O)N1CCC(C(=O)O)C1. The fourth-order valence-electron chi connectivity index (χ4n) is 2.96. The number of rotatable bonds is 2. The second kappa shape index (κ2) is 5.77. The van der Waals surface area contributed by atoms with Gasteiger partial charge in [0.15, 0.2) is 0 Å². The predicted molar refractivity (Wildman–Crippen MR) is 70.9 cm³/mol. The Morgan fingerprint density at radius 2 is 1.95 bits per heavy atom. The minimum Gasteiger partial charge on any atom is -0.481 e. The summed E-state index contributed by atoms with van der Waals surface area (Å²) in [5.41, 5.74) is 0. The summed E-state index contributed by atoms with van der Waals surface area (Å²) in [7, 11) is 2.09. The van der Waals surface area contributed by atoms with E-state index in [4.69, 9.17) is 5.11 Å². The highest BCUT2D eigenvalue weighted by molar-refractivity contribution is 5.77. The van der Waals surface area contributed by atoms with E-state index in [9.17, 15) is 9.59 Å². The van der Waals surface area contributed by atoms with Gasteiger partial charge in [0, 0.05) is 25.7 Å². The number of aliphatic carboxylic acids is 1. The Morgan fingerprint density at radius 3 is 2.53 bits per heavy atom. The summed E-state index contributed by atoms with van der Waals surface area (Å²) in [6, 6.07) is 0.0951. The zero-order valence-electron chi connectivity index (χ0n) is 11.6. The van der Waals surface area contributed by atoms with Gasteiger partial charge in [-0.05, 0) is 32.4 Å². The first-order valence-corrected chi connectivity index (χ1v) is 6.94. The normalized spacial score (nSPS) is 32.3. The van der Waals surface area contributed by atoms with E-state index < -0.39 is 11.9 Å². The molecular weight excluding hydrogens is 246 g/mol. The third kappa shape index (κ3) is 3.37. The number of carboxylic acids is 1. The van der Waals surface area contributed by atoms with Crippen LogP contribution in [0.15, 0.2) is 0 Å². The lowest BCUT2D eigenvalue weighted by Crippen LogP contribution is -2.52. The number of piperidine rings is 1. The zero-order valence-corrected chi connectivity index (χ0v) is 11.6. The lowest BCUT2D eigenvalue weighted by atomic mass is 9.94. The molecule has 3 unspecified atom stereocenters. The predicted octanol–water partition coefficient (Wildman–Crippen LogP) is 0.443. The second-order valence-electron chi connectivity index (χ2n) is 5.85. The molecule has 2 rings (SSSR count). The van der Waals surface area contributed by atoms with Gasteiger partial charge in [0.1, 0.15) is 0 Å². The molecule has 0 aromatic heterocycles. The van der Waals surface area contributed by atoms with E-state index in [1.54, 1.807) is 4.90 Å². The lowest BCUT2D eigenvalue weighted by molar-refractivity contribution is -0.141. The molecule has 0 bridgehead atoms. The van der Waals surface area contributed by atoms with Gasteiger partial charge < -0.3 is 20.2 Å². The topological polar surface area (TPSA) is 72.9 Å². The van der Waals surface area contributed by atoms with Crippen LogP contribution < -0.4 is 5.32 Å². The molecule has 0 aromatic rings. The van der Waals surface area contributed by atoms with Gasteiger partial charge in [-0.2, -0.15) is 0 Å². The fourth-order valence-corrected chi connectivity index (χ4v) is 2.96. The first kappa shape index (κ1) is 14.1. The van der Waals surface area contributed by atoms with Gasteiger partial charge in [0.05, 0.1) is 5.92 Å². The van der Waals surface area contributed by atoms with Gasteiger partial charge in [-0.15, -0.1) is 0 Å². The van der Waals surface area contributed by atoms with Crippen molar-refractivity contribution in [3.05, 3.63) is 0 Å². The number of carbonyl (C=O) groups excluding carboxylic acids is 1. The van der Waals surface area contributed by atoms with Crippen LogP contribution in [0.5, 0.6) is 0 Å². The largest absolute Gasteiger partial charge is 0.481 e. The van der Waals surface area contributed by atoms with Crippen molar-refractivity contribution < 1.29 is 14.7 Å². The average molecular weight is 269 g/mol. The van der Waals surface area contributed by atoms with Crippen LogP contribution in [0.3, 0.4) is 0 Å². The van der Waals surface area contributed by atoms with Crippen molar-refractivity contribution in [3.8, 4) is 0 Å². The molecule has 2 fully saturated rings. The van der Waals surface area contributed by atoms with E-state index in [1.165, 1.54) is 0 Å². The average Bonchev–Trinajstić information content (AvgIpc) is 2.82. The summed E-state index contributed by atoms with van der Waals surface area (Å²) in [6.07, 6.45) is 1.52. The maximum atomic E-state index is 12.1. The Morgan fingerprint density at radius 1 is 1.21 bits per heavy atom. The number of nitrogens with one attached hydrogen (secondary N) is 1. The van der Waals surface area contributed by atoms with Crippen molar-refractivity contribution in [2.75, 3.05) is 33.2 Å². The second-order valence-corrected chi connectivity index (χ2v) is 5.85. The van der Waals surface area contributed by atoms with Crippen molar-refractivity contribution in [2.45, 2.75) is 25.8 Å². The van der Waals surface area contributed by atoms with Crippen LogP contribution in [0, 0.1) is 11.8 Å². The monoisotopic (exact) mass is 269 g/mol. The molecule has 0 spiro atoms. The molecule has 6 heteroatoms. The van der Waals surface area contributed by atoms with Crippen molar-refractivity contribution in [1.29, 1.82) is 0 Å². The molecule has 0 saturated carbocycles. The third-order valence-electron chi connectivity index (χ3n) is 4.24.